The van der Waals surface area contributed by atoms with Crippen molar-refractivity contribution in [2.24, 2.45) is 0 Å². The number of rotatable bonds is 1. The van der Waals surface area contributed by atoms with Crippen LogP contribution in [0.15, 0.2) is 4.47 Å². The molecule has 1 aliphatic heterocycles. The van der Waals surface area contributed by atoms with E-state index >= 15 is 0 Å². The molecule has 0 amide bonds. The quantitative estimate of drug-likeness (QED) is 0.833. The molecule has 0 spiro atoms. The Morgan fingerprint density at radius 2 is 2.12 bits per heavy atom. The van der Waals surface area contributed by atoms with Gasteiger partial charge >= 0.3 is 0 Å². The minimum atomic E-state index is 0.0929. The zero-order valence-corrected chi connectivity index (χ0v) is 11.8. The highest BCUT2D eigenvalue weighted by molar-refractivity contribution is 9.10. The van der Waals surface area contributed by atoms with Crippen LogP contribution in [0, 0.1) is 0 Å². The van der Waals surface area contributed by atoms with Crippen LogP contribution in [0.1, 0.15) is 50.9 Å². The second kappa shape index (κ2) is 4.49. The molecule has 16 heavy (non-hydrogen) atoms. The molecule has 1 fully saturated rings. The Morgan fingerprint density at radius 3 is 2.62 bits per heavy atom. The minimum Gasteiger partial charge on any atom is -0.316 e. The molecule has 2 heterocycles. The molecule has 0 radical (unpaired) electrons. The standard InChI is InChI=1S/C12H20BrN3/c1-12(2,3)11-9(13)10(15-16-11)8-5-4-6-14-7-8/h8,14H,4-7H2,1-3H3,(H,15,16). The molecule has 0 aliphatic carbocycles. The van der Waals surface area contributed by atoms with Crippen molar-refractivity contribution in [2.45, 2.75) is 44.9 Å². The largest absolute Gasteiger partial charge is 0.316 e. The first-order valence-electron chi connectivity index (χ1n) is 5.95. The van der Waals surface area contributed by atoms with Crippen molar-refractivity contribution in [3.63, 3.8) is 0 Å². The van der Waals surface area contributed by atoms with Gasteiger partial charge in [0.05, 0.1) is 15.9 Å². The Kier molecular flexibility index (Phi) is 3.40. The van der Waals surface area contributed by atoms with Crippen molar-refractivity contribution < 1.29 is 0 Å². The van der Waals surface area contributed by atoms with Gasteiger partial charge in [0.15, 0.2) is 0 Å². The lowest BCUT2D eigenvalue weighted by Gasteiger charge is -2.22. The van der Waals surface area contributed by atoms with Crippen LogP contribution in [-0.4, -0.2) is 23.3 Å². The van der Waals surface area contributed by atoms with Crippen LogP contribution in [0.2, 0.25) is 0 Å². The van der Waals surface area contributed by atoms with E-state index in [9.17, 15) is 0 Å². The number of piperidine rings is 1. The van der Waals surface area contributed by atoms with Crippen LogP contribution >= 0.6 is 15.9 Å². The number of aromatic nitrogens is 2. The second-order valence-corrected chi connectivity index (χ2v) is 6.39. The van der Waals surface area contributed by atoms with Crippen LogP contribution < -0.4 is 5.32 Å². The maximum absolute atomic E-state index is 4.46. The van der Waals surface area contributed by atoms with Gasteiger partial charge in [-0.3, -0.25) is 5.10 Å². The summed E-state index contributed by atoms with van der Waals surface area (Å²) in [5.41, 5.74) is 2.49. The highest BCUT2D eigenvalue weighted by atomic mass is 79.9. The molecule has 1 unspecified atom stereocenters. The summed E-state index contributed by atoms with van der Waals surface area (Å²) < 4.78 is 1.17. The van der Waals surface area contributed by atoms with Crippen LogP contribution in [0.5, 0.6) is 0 Å². The van der Waals surface area contributed by atoms with Crippen molar-refractivity contribution in [2.75, 3.05) is 13.1 Å². The normalized spacial score (nSPS) is 22.4. The molecule has 4 heteroatoms. The molecule has 2 rings (SSSR count). The Bertz CT molecular complexity index is 359. The van der Waals surface area contributed by atoms with Crippen molar-refractivity contribution >= 4 is 15.9 Å². The topological polar surface area (TPSA) is 40.7 Å². The lowest BCUT2D eigenvalue weighted by atomic mass is 9.90. The lowest BCUT2D eigenvalue weighted by Crippen LogP contribution is -2.28. The van der Waals surface area contributed by atoms with Crippen molar-refractivity contribution in [3.8, 4) is 0 Å². The maximum atomic E-state index is 4.46. The summed E-state index contributed by atoms with van der Waals surface area (Å²) in [5.74, 6) is 0.576. The highest BCUT2D eigenvalue weighted by Crippen LogP contribution is 2.35. The smallest absolute Gasteiger partial charge is 0.0820 e. The SMILES string of the molecule is CC(C)(C)c1n[nH]c(C2CCCNC2)c1Br. The molecular weight excluding hydrogens is 266 g/mol. The molecule has 1 aromatic heterocycles. The molecule has 0 saturated carbocycles. The molecule has 1 atom stereocenters. The number of nitrogens with one attached hydrogen (secondary N) is 2. The average Bonchev–Trinajstić information content (AvgIpc) is 2.61. The lowest BCUT2D eigenvalue weighted by molar-refractivity contribution is 0.453. The maximum Gasteiger partial charge on any atom is 0.0820 e. The van der Waals surface area contributed by atoms with Gasteiger partial charge in [-0.05, 0) is 35.3 Å². The first-order valence-corrected chi connectivity index (χ1v) is 6.74. The fourth-order valence-electron chi connectivity index (χ4n) is 2.21. The van der Waals surface area contributed by atoms with Gasteiger partial charge in [0.2, 0.25) is 0 Å². The third kappa shape index (κ3) is 2.33. The summed E-state index contributed by atoms with van der Waals surface area (Å²) in [4.78, 5) is 0. The van der Waals surface area contributed by atoms with Gasteiger partial charge < -0.3 is 5.32 Å². The van der Waals surface area contributed by atoms with Crippen molar-refractivity contribution in [1.82, 2.24) is 15.5 Å². The number of hydrogen-bond donors (Lipinski definition) is 2. The number of hydrogen-bond acceptors (Lipinski definition) is 2. The molecule has 3 nitrogen and oxygen atoms in total. The van der Waals surface area contributed by atoms with Gasteiger partial charge in [-0.2, -0.15) is 5.10 Å². The van der Waals surface area contributed by atoms with E-state index in [0.717, 1.165) is 18.8 Å². The van der Waals surface area contributed by atoms with Gasteiger partial charge in [-0.25, -0.2) is 0 Å². The fraction of sp³-hybridized carbons (Fsp3) is 0.750. The van der Waals surface area contributed by atoms with E-state index in [1.807, 2.05) is 0 Å². The molecule has 1 aromatic rings. The summed E-state index contributed by atoms with van der Waals surface area (Å²) in [7, 11) is 0. The van der Waals surface area contributed by atoms with E-state index in [1.165, 1.54) is 23.0 Å². The third-order valence-electron chi connectivity index (χ3n) is 3.15. The van der Waals surface area contributed by atoms with Crippen molar-refractivity contribution in [3.05, 3.63) is 15.9 Å². The molecule has 2 N–H and O–H groups in total. The van der Waals surface area contributed by atoms with E-state index < -0.39 is 0 Å². The van der Waals surface area contributed by atoms with Gasteiger partial charge in [0.25, 0.3) is 0 Å². The number of halogens is 1. The summed E-state index contributed by atoms with van der Waals surface area (Å²) in [6.45, 7) is 8.78. The Balaban J connectivity index is 2.25. The highest BCUT2D eigenvalue weighted by Gasteiger charge is 2.26. The van der Waals surface area contributed by atoms with E-state index in [0.29, 0.717) is 5.92 Å². The Labute approximate surface area is 106 Å². The van der Waals surface area contributed by atoms with E-state index in [2.05, 4.69) is 52.2 Å². The van der Waals surface area contributed by atoms with Gasteiger partial charge in [-0.15, -0.1) is 0 Å². The predicted octanol–water partition coefficient (Wildman–Crippen LogP) is 2.94. The van der Waals surface area contributed by atoms with Gasteiger partial charge in [0, 0.05) is 17.9 Å². The Hall–Kier alpha value is -0.350. The zero-order valence-electron chi connectivity index (χ0n) is 10.2. The monoisotopic (exact) mass is 285 g/mol. The summed E-state index contributed by atoms with van der Waals surface area (Å²) in [6.07, 6.45) is 2.50. The van der Waals surface area contributed by atoms with Crippen LogP contribution in [0.25, 0.3) is 0 Å². The van der Waals surface area contributed by atoms with E-state index in [-0.39, 0.29) is 5.41 Å². The molecule has 0 aromatic carbocycles. The molecular formula is C12H20BrN3. The van der Waals surface area contributed by atoms with Crippen LogP contribution in [-0.2, 0) is 5.41 Å². The van der Waals surface area contributed by atoms with Crippen molar-refractivity contribution in [1.29, 1.82) is 0 Å². The Morgan fingerprint density at radius 1 is 1.38 bits per heavy atom. The summed E-state index contributed by atoms with van der Waals surface area (Å²) in [5, 5.41) is 11.1. The van der Waals surface area contributed by atoms with E-state index in [4.69, 9.17) is 0 Å². The van der Waals surface area contributed by atoms with Crippen LogP contribution in [0.4, 0.5) is 0 Å². The van der Waals surface area contributed by atoms with Gasteiger partial charge in [-0.1, -0.05) is 20.8 Å². The number of H-pyrrole nitrogens is 1. The summed E-state index contributed by atoms with van der Waals surface area (Å²) in [6, 6.07) is 0. The summed E-state index contributed by atoms with van der Waals surface area (Å²) >= 11 is 3.70. The third-order valence-corrected chi connectivity index (χ3v) is 3.95. The first kappa shape index (κ1) is 12.1. The average molecular weight is 286 g/mol. The molecule has 90 valence electrons. The second-order valence-electron chi connectivity index (χ2n) is 5.59. The van der Waals surface area contributed by atoms with Gasteiger partial charge in [0.1, 0.15) is 0 Å². The minimum absolute atomic E-state index is 0.0929. The fourth-order valence-corrected chi connectivity index (χ4v) is 3.30. The number of nitrogens with zero attached hydrogens (tertiary/aromatic N) is 1. The molecule has 0 bridgehead atoms. The zero-order chi connectivity index (χ0) is 11.8. The predicted molar refractivity (Wildman–Crippen MR) is 69.8 cm³/mol. The van der Waals surface area contributed by atoms with Crippen LogP contribution in [0.3, 0.4) is 0 Å². The first-order chi connectivity index (χ1) is 7.50. The number of aromatic amines is 1. The molecule has 1 aliphatic rings. The molecule has 1 saturated heterocycles. The van der Waals surface area contributed by atoms with E-state index in [1.54, 1.807) is 0 Å².